The van der Waals surface area contributed by atoms with Gasteiger partial charge in [-0.15, -0.1) is 0 Å². The van der Waals surface area contributed by atoms with E-state index in [9.17, 15) is 4.79 Å². The molecule has 1 N–H and O–H groups in total. The molecule has 1 atom stereocenters. The minimum Gasteiger partial charge on any atom is -0.374 e. The molecule has 0 radical (unpaired) electrons. The molecule has 0 saturated heterocycles. The molecule has 0 unspecified atom stereocenters. The summed E-state index contributed by atoms with van der Waals surface area (Å²) in [6.07, 6.45) is -0.212. The van der Waals surface area contributed by atoms with Crippen LogP contribution in [0.5, 0.6) is 0 Å². The number of hydrogen-bond acceptors (Lipinski definition) is 5. The van der Waals surface area contributed by atoms with Crippen molar-refractivity contribution in [3.63, 3.8) is 0 Å². The molecule has 0 aliphatic carbocycles. The van der Waals surface area contributed by atoms with Crippen molar-refractivity contribution >= 4 is 11.6 Å². The summed E-state index contributed by atoms with van der Waals surface area (Å²) in [6, 6.07) is 7.17. The summed E-state index contributed by atoms with van der Waals surface area (Å²) < 4.78 is 10.3. The smallest absolute Gasteiger partial charge is 0.258 e. The van der Waals surface area contributed by atoms with Crippen LogP contribution in [0, 0.1) is 0 Å². The summed E-state index contributed by atoms with van der Waals surface area (Å²) in [5.74, 6) is 0.818. The molecule has 2 rings (SSSR count). The summed E-state index contributed by atoms with van der Waals surface area (Å²) in [5, 5.41) is 6.54. The van der Waals surface area contributed by atoms with Crippen molar-refractivity contribution in [2.24, 2.45) is 0 Å². The third-order valence-electron chi connectivity index (χ3n) is 2.61. The average molecular weight is 261 g/mol. The molecule has 1 aromatic carbocycles. The molecule has 100 valence electrons. The standard InChI is InChI=1S/C13H15N3O3/c1-8(18-3)12-15-13(19-16-12)10-4-6-11(7-5-10)14-9(2)17/h4-8H,1-3H3,(H,14,17)/t8-/m0/s1. The van der Waals surface area contributed by atoms with Crippen molar-refractivity contribution < 1.29 is 14.1 Å². The van der Waals surface area contributed by atoms with Gasteiger partial charge in [0.15, 0.2) is 0 Å². The number of aromatic nitrogens is 2. The first-order valence-electron chi connectivity index (χ1n) is 5.84. The molecule has 0 spiro atoms. The number of hydrogen-bond donors (Lipinski definition) is 1. The van der Waals surface area contributed by atoms with Crippen LogP contribution in [0.15, 0.2) is 28.8 Å². The molecule has 6 heteroatoms. The second-order valence-corrected chi connectivity index (χ2v) is 4.09. The summed E-state index contributed by atoms with van der Waals surface area (Å²) >= 11 is 0. The Morgan fingerprint density at radius 3 is 2.63 bits per heavy atom. The monoisotopic (exact) mass is 261 g/mol. The zero-order valence-corrected chi connectivity index (χ0v) is 11.0. The van der Waals surface area contributed by atoms with E-state index in [1.807, 2.05) is 6.92 Å². The summed E-state index contributed by atoms with van der Waals surface area (Å²) in [7, 11) is 1.59. The molecule has 1 amide bonds. The first-order valence-corrected chi connectivity index (χ1v) is 5.84. The molecular formula is C13H15N3O3. The number of anilines is 1. The zero-order valence-electron chi connectivity index (χ0n) is 11.0. The number of rotatable bonds is 4. The summed E-state index contributed by atoms with van der Waals surface area (Å²) in [4.78, 5) is 15.2. The van der Waals surface area contributed by atoms with E-state index in [-0.39, 0.29) is 12.0 Å². The Labute approximate surface area is 110 Å². The van der Waals surface area contributed by atoms with Gasteiger partial charge in [0.05, 0.1) is 0 Å². The molecule has 0 fully saturated rings. The van der Waals surface area contributed by atoms with Gasteiger partial charge in [-0.2, -0.15) is 4.98 Å². The van der Waals surface area contributed by atoms with E-state index < -0.39 is 0 Å². The number of benzene rings is 1. The van der Waals surface area contributed by atoms with Gasteiger partial charge in [-0.3, -0.25) is 4.79 Å². The quantitative estimate of drug-likeness (QED) is 0.914. The number of ether oxygens (including phenoxy) is 1. The highest BCUT2D eigenvalue weighted by Gasteiger charge is 2.14. The Kier molecular flexibility index (Phi) is 3.91. The molecule has 1 heterocycles. The molecule has 19 heavy (non-hydrogen) atoms. The van der Waals surface area contributed by atoms with Crippen molar-refractivity contribution in [2.75, 3.05) is 12.4 Å². The highest BCUT2D eigenvalue weighted by Crippen LogP contribution is 2.22. The largest absolute Gasteiger partial charge is 0.374 e. The van der Waals surface area contributed by atoms with E-state index in [2.05, 4.69) is 15.5 Å². The maximum absolute atomic E-state index is 10.9. The van der Waals surface area contributed by atoms with Crippen LogP contribution in [0.25, 0.3) is 11.5 Å². The van der Waals surface area contributed by atoms with Crippen LogP contribution in [0.4, 0.5) is 5.69 Å². The SMILES string of the molecule is CO[C@@H](C)c1noc(-c2ccc(NC(C)=O)cc2)n1. The van der Waals surface area contributed by atoms with Crippen molar-refractivity contribution in [3.8, 4) is 11.5 Å². The first kappa shape index (κ1) is 13.2. The zero-order chi connectivity index (χ0) is 13.8. The Bertz CT molecular complexity index is 563. The van der Waals surface area contributed by atoms with Crippen LogP contribution < -0.4 is 5.32 Å². The van der Waals surface area contributed by atoms with Crippen LogP contribution in [-0.2, 0) is 9.53 Å². The van der Waals surface area contributed by atoms with E-state index in [1.165, 1.54) is 6.92 Å². The van der Waals surface area contributed by atoms with Crippen molar-refractivity contribution in [1.82, 2.24) is 10.1 Å². The summed E-state index contributed by atoms with van der Waals surface area (Å²) in [6.45, 7) is 3.30. The van der Waals surface area contributed by atoms with E-state index in [1.54, 1.807) is 31.4 Å². The highest BCUT2D eigenvalue weighted by atomic mass is 16.5. The van der Waals surface area contributed by atoms with Gasteiger partial charge in [-0.1, -0.05) is 5.16 Å². The van der Waals surface area contributed by atoms with Gasteiger partial charge in [-0.05, 0) is 31.2 Å². The molecule has 0 bridgehead atoms. The third-order valence-corrected chi connectivity index (χ3v) is 2.61. The number of carbonyl (C=O) groups is 1. The molecular weight excluding hydrogens is 246 g/mol. The number of nitrogens with zero attached hydrogens (tertiary/aromatic N) is 2. The highest BCUT2D eigenvalue weighted by molar-refractivity contribution is 5.88. The molecule has 0 saturated carbocycles. The number of carbonyl (C=O) groups excluding carboxylic acids is 1. The molecule has 0 aliphatic heterocycles. The van der Waals surface area contributed by atoms with Gasteiger partial charge in [0.1, 0.15) is 6.10 Å². The van der Waals surface area contributed by atoms with Gasteiger partial charge in [0, 0.05) is 25.3 Å². The van der Waals surface area contributed by atoms with Crippen molar-refractivity contribution in [3.05, 3.63) is 30.1 Å². The van der Waals surface area contributed by atoms with Crippen molar-refractivity contribution in [2.45, 2.75) is 20.0 Å². The number of methoxy groups -OCH3 is 1. The van der Waals surface area contributed by atoms with Crippen LogP contribution >= 0.6 is 0 Å². The van der Waals surface area contributed by atoms with Crippen LogP contribution in [-0.4, -0.2) is 23.2 Å². The maximum atomic E-state index is 10.9. The Hall–Kier alpha value is -2.21. The number of nitrogens with one attached hydrogen (secondary N) is 1. The van der Waals surface area contributed by atoms with E-state index in [4.69, 9.17) is 9.26 Å². The average Bonchev–Trinajstić information content (AvgIpc) is 2.87. The molecule has 2 aromatic rings. The third kappa shape index (κ3) is 3.17. The topological polar surface area (TPSA) is 77.3 Å². The molecule has 6 nitrogen and oxygen atoms in total. The lowest BCUT2D eigenvalue weighted by Crippen LogP contribution is -2.05. The fourth-order valence-electron chi connectivity index (χ4n) is 1.52. The van der Waals surface area contributed by atoms with Gasteiger partial charge >= 0.3 is 0 Å². The normalized spacial score (nSPS) is 12.2. The molecule has 0 aliphatic rings. The van der Waals surface area contributed by atoms with Crippen molar-refractivity contribution in [1.29, 1.82) is 0 Å². The number of amides is 1. The van der Waals surface area contributed by atoms with Crippen LogP contribution in [0.2, 0.25) is 0 Å². The summed E-state index contributed by atoms with van der Waals surface area (Å²) in [5.41, 5.74) is 1.51. The second-order valence-electron chi connectivity index (χ2n) is 4.09. The van der Waals surface area contributed by atoms with E-state index >= 15 is 0 Å². The maximum Gasteiger partial charge on any atom is 0.258 e. The van der Waals surface area contributed by atoms with Gasteiger partial charge in [0.25, 0.3) is 5.89 Å². The minimum absolute atomic E-state index is 0.109. The van der Waals surface area contributed by atoms with E-state index in [0.717, 1.165) is 11.3 Å². The predicted molar refractivity (Wildman–Crippen MR) is 69.5 cm³/mol. The fraction of sp³-hybridized carbons (Fsp3) is 0.308. The van der Waals surface area contributed by atoms with Crippen LogP contribution in [0.1, 0.15) is 25.8 Å². The Balaban J connectivity index is 2.18. The lowest BCUT2D eigenvalue weighted by molar-refractivity contribution is -0.114. The Morgan fingerprint density at radius 1 is 1.37 bits per heavy atom. The fourth-order valence-corrected chi connectivity index (χ4v) is 1.52. The van der Waals surface area contributed by atoms with Crippen LogP contribution in [0.3, 0.4) is 0 Å². The second kappa shape index (κ2) is 5.62. The minimum atomic E-state index is -0.212. The van der Waals surface area contributed by atoms with Gasteiger partial charge in [0.2, 0.25) is 11.7 Å². The van der Waals surface area contributed by atoms with E-state index in [0.29, 0.717) is 11.7 Å². The Morgan fingerprint density at radius 2 is 2.05 bits per heavy atom. The van der Waals surface area contributed by atoms with Gasteiger partial charge < -0.3 is 14.6 Å². The lowest BCUT2D eigenvalue weighted by atomic mass is 10.2. The lowest BCUT2D eigenvalue weighted by Gasteiger charge is -2.02. The first-order chi connectivity index (χ1) is 9.10. The van der Waals surface area contributed by atoms with Gasteiger partial charge in [-0.25, -0.2) is 0 Å². The molecule has 1 aromatic heterocycles. The predicted octanol–water partition coefficient (Wildman–Crippen LogP) is 2.40.